The summed E-state index contributed by atoms with van der Waals surface area (Å²) in [5.74, 6) is -5.51. The largest absolute Gasteiger partial charge is 0.490 e. The molecule has 0 bridgehead atoms. The minimum absolute atomic E-state index is 0.469. The van der Waals surface area contributed by atoms with E-state index in [2.05, 4.69) is 13.8 Å². The lowest BCUT2D eigenvalue weighted by Gasteiger charge is -2.08. The lowest BCUT2D eigenvalue weighted by molar-refractivity contribution is -0.193. The number of hydrogen-bond acceptors (Lipinski definition) is 3. The first-order valence-corrected chi connectivity index (χ1v) is 7.55. The maximum Gasteiger partial charge on any atom is 0.490 e. The van der Waals surface area contributed by atoms with E-state index in [-0.39, 0.29) is 0 Å². The van der Waals surface area contributed by atoms with Crippen molar-refractivity contribution in [2.24, 2.45) is 5.73 Å². The molecule has 0 spiro atoms. The Bertz CT molecular complexity index is 334. The van der Waals surface area contributed by atoms with Crippen molar-refractivity contribution in [1.82, 2.24) is 0 Å². The van der Waals surface area contributed by atoms with Gasteiger partial charge in [0.2, 0.25) is 0 Å². The van der Waals surface area contributed by atoms with Gasteiger partial charge in [0.25, 0.3) is 0 Å². The van der Waals surface area contributed by atoms with Crippen molar-refractivity contribution in [3.05, 3.63) is 0 Å². The summed E-state index contributed by atoms with van der Waals surface area (Å²) in [5, 5.41) is 14.2. The fraction of sp³-hybridized carbons (Fsp3) is 0.857. The fourth-order valence-corrected chi connectivity index (χ4v) is 1.35. The number of halogens is 6. The summed E-state index contributed by atoms with van der Waals surface area (Å²) in [5.41, 5.74) is 5.87. The summed E-state index contributed by atoms with van der Waals surface area (Å²) in [7, 11) is 0. The average Bonchev–Trinajstić information content (AvgIpc) is 2.43. The highest BCUT2D eigenvalue weighted by molar-refractivity contribution is 5.73. The minimum Gasteiger partial charge on any atom is -0.475 e. The van der Waals surface area contributed by atoms with E-state index >= 15 is 0 Å². The summed E-state index contributed by atoms with van der Waals surface area (Å²) >= 11 is 0. The molecular formula is C14H25F6NO4. The molecule has 0 radical (unpaired) electrons. The van der Waals surface area contributed by atoms with Crippen molar-refractivity contribution in [2.45, 2.75) is 77.2 Å². The van der Waals surface area contributed by atoms with Crippen molar-refractivity contribution in [3.63, 3.8) is 0 Å². The molecule has 25 heavy (non-hydrogen) atoms. The summed E-state index contributed by atoms with van der Waals surface area (Å²) in [6.45, 7) is 4.44. The van der Waals surface area contributed by atoms with Crippen LogP contribution in [0.3, 0.4) is 0 Å². The Morgan fingerprint density at radius 1 is 0.800 bits per heavy atom. The highest BCUT2D eigenvalue weighted by Gasteiger charge is 2.38. The van der Waals surface area contributed by atoms with Crippen LogP contribution in [0.25, 0.3) is 0 Å². The third-order valence-corrected chi connectivity index (χ3v) is 2.57. The van der Waals surface area contributed by atoms with Crippen LogP contribution in [0.1, 0.15) is 58.8 Å². The normalized spacial score (nSPS) is 12.2. The van der Waals surface area contributed by atoms with Crippen LogP contribution >= 0.6 is 0 Å². The molecule has 152 valence electrons. The predicted octanol–water partition coefficient (Wildman–Crippen LogP) is 4.35. The number of aliphatic carboxylic acids is 2. The van der Waals surface area contributed by atoms with Crippen LogP contribution in [0.5, 0.6) is 0 Å². The van der Waals surface area contributed by atoms with Crippen molar-refractivity contribution in [1.29, 1.82) is 0 Å². The van der Waals surface area contributed by atoms with Gasteiger partial charge in [-0.25, -0.2) is 9.59 Å². The van der Waals surface area contributed by atoms with Gasteiger partial charge in [-0.1, -0.05) is 46.0 Å². The zero-order valence-corrected chi connectivity index (χ0v) is 14.1. The first kappa shape index (κ1) is 28.3. The third-order valence-electron chi connectivity index (χ3n) is 2.57. The van der Waals surface area contributed by atoms with Crippen LogP contribution in [0.4, 0.5) is 26.3 Å². The maximum atomic E-state index is 10.6. The first-order chi connectivity index (χ1) is 11.2. The van der Waals surface area contributed by atoms with Crippen molar-refractivity contribution < 1.29 is 46.1 Å². The van der Waals surface area contributed by atoms with Crippen molar-refractivity contribution in [2.75, 3.05) is 0 Å². The zero-order chi connectivity index (χ0) is 20.7. The monoisotopic (exact) mass is 385 g/mol. The van der Waals surface area contributed by atoms with Gasteiger partial charge in [-0.15, -0.1) is 0 Å². The van der Waals surface area contributed by atoms with Gasteiger partial charge in [-0.3, -0.25) is 0 Å². The zero-order valence-electron chi connectivity index (χ0n) is 14.1. The van der Waals surface area contributed by atoms with Crippen LogP contribution in [0.15, 0.2) is 0 Å². The molecule has 4 N–H and O–H groups in total. The Hall–Kier alpha value is -1.52. The average molecular weight is 385 g/mol. The molecule has 1 unspecified atom stereocenters. The van der Waals surface area contributed by atoms with E-state index in [1.165, 1.54) is 44.9 Å². The second-order valence-corrected chi connectivity index (χ2v) is 5.00. The van der Waals surface area contributed by atoms with Gasteiger partial charge < -0.3 is 15.9 Å². The molecule has 0 fully saturated rings. The van der Waals surface area contributed by atoms with Crippen LogP contribution in [0, 0.1) is 0 Å². The van der Waals surface area contributed by atoms with Gasteiger partial charge in [0, 0.05) is 6.04 Å². The van der Waals surface area contributed by atoms with Crippen LogP contribution in [-0.2, 0) is 9.59 Å². The molecule has 0 aliphatic rings. The number of nitrogens with two attached hydrogens (primary N) is 1. The number of hydrogen-bond donors (Lipinski definition) is 3. The Morgan fingerprint density at radius 3 is 1.40 bits per heavy atom. The summed E-state index contributed by atoms with van der Waals surface area (Å²) in [6, 6.07) is 0.469. The van der Waals surface area contributed by atoms with Crippen LogP contribution in [0.2, 0.25) is 0 Å². The molecule has 0 saturated heterocycles. The summed E-state index contributed by atoms with van der Waals surface area (Å²) in [4.78, 5) is 17.8. The van der Waals surface area contributed by atoms with Gasteiger partial charge >= 0.3 is 24.3 Å². The van der Waals surface area contributed by atoms with E-state index in [1.807, 2.05) is 0 Å². The van der Waals surface area contributed by atoms with Crippen LogP contribution < -0.4 is 5.73 Å². The van der Waals surface area contributed by atoms with Gasteiger partial charge in [0.15, 0.2) is 0 Å². The van der Waals surface area contributed by atoms with Gasteiger partial charge in [0.05, 0.1) is 0 Å². The molecule has 0 aromatic heterocycles. The highest BCUT2D eigenvalue weighted by Crippen LogP contribution is 2.13. The van der Waals surface area contributed by atoms with E-state index in [1.54, 1.807) is 0 Å². The van der Waals surface area contributed by atoms with E-state index in [9.17, 15) is 26.3 Å². The van der Waals surface area contributed by atoms with Gasteiger partial charge in [0.1, 0.15) is 0 Å². The smallest absolute Gasteiger partial charge is 0.475 e. The topological polar surface area (TPSA) is 101 Å². The molecule has 0 aromatic rings. The third kappa shape index (κ3) is 24.8. The molecule has 0 saturated carbocycles. The van der Waals surface area contributed by atoms with E-state index in [0.29, 0.717) is 6.04 Å². The number of carbonyl (C=O) groups is 2. The maximum absolute atomic E-state index is 10.6. The molecule has 11 heteroatoms. The highest BCUT2D eigenvalue weighted by atomic mass is 19.4. The number of unbranched alkanes of at least 4 members (excludes halogenated alkanes) is 3. The van der Waals surface area contributed by atoms with E-state index < -0.39 is 24.3 Å². The molecule has 0 aliphatic heterocycles. The molecule has 0 heterocycles. The predicted molar refractivity (Wildman–Crippen MR) is 79.0 cm³/mol. The van der Waals surface area contributed by atoms with Crippen LogP contribution in [-0.4, -0.2) is 40.5 Å². The standard InChI is InChI=1S/C10H23N.2C2HF3O2/c1-3-5-6-7-9-10(11)8-4-2;2*3-2(4,5)1(6)7/h10H,3-9,11H2,1-2H3;2*(H,6,7). The summed E-state index contributed by atoms with van der Waals surface area (Å²) < 4.78 is 63.5. The molecule has 1 atom stereocenters. The lowest BCUT2D eigenvalue weighted by atomic mass is 10.0. The number of carboxylic acids is 2. The fourth-order valence-electron chi connectivity index (χ4n) is 1.35. The molecule has 5 nitrogen and oxygen atoms in total. The summed E-state index contributed by atoms with van der Waals surface area (Å²) in [6.07, 6.45) is -1.11. The molecule has 0 aromatic carbocycles. The SMILES string of the molecule is CCCCCCC(N)CCC.O=C(O)C(F)(F)F.O=C(O)C(F)(F)F. The Kier molecular flexibility index (Phi) is 16.7. The first-order valence-electron chi connectivity index (χ1n) is 7.55. The Labute approximate surface area is 142 Å². The second-order valence-electron chi connectivity index (χ2n) is 5.00. The molecule has 0 aliphatic carbocycles. The van der Waals surface area contributed by atoms with E-state index in [0.717, 1.165) is 0 Å². The number of alkyl halides is 6. The van der Waals surface area contributed by atoms with Gasteiger partial charge in [-0.05, 0) is 12.8 Å². The Morgan fingerprint density at radius 2 is 1.16 bits per heavy atom. The quantitative estimate of drug-likeness (QED) is 0.447. The van der Waals surface area contributed by atoms with Gasteiger partial charge in [-0.2, -0.15) is 26.3 Å². The van der Waals surface area contributed by atoms with Crippen molar-refractivity contribution in [3.8, 4) is 0 Å². The Balaban J connectivity index is -0.000000304. The molecule has 0 rings (SSSR count). The number of carboxylic acid groups (broad SMARTS) is 2. The lowest BCUT2D eigenvalue weighted by Crippen LogP contribution is -2.21. The molecule has 0 amide bonds. The van der Waals surface area contributed by atoms with E-state index in [4.69, 9.17) is 25.5 Å². The number of rotatable bonds is 7. The van der Waals surface area contributed by atoms with Crippen molar-refractivity contribution >= 4 is 11.9 Å². The second kappa shape index (κ2) is 14.8. The molecular weight excluding hydrogens is 360 g/mol. The minimum atomic E-state index is -5.08.